The molecule has 1 aromatic heterocycles. The van der Waals surface area contributed by atoms with Crippen LogP contribution >= 0.6 is 11.6 Å². The Morgan fingerprint density at radius 3 is 2.65 bits per heavy atom. The summed E-state index contributed by atoms with van der Waals surface area (Å²) in [6, 6.07) is 4.71. The van der Waals surface area contributed by atoms with Crippen molar-refractivity contribution in [3.63, 3.8) is 0 Å². The lowest BCUT2D eigenvalue weighted by Crippen LogP contribution is -2.09. The first kappa shape index (κ1) is 17.1. The van der Waals surface area contributed by atoms with Crippen molar-refractivity contribution in [1.29, 1.82) is 0 Å². The molecule has 23 heavy (non-hydrogen) atoms. The Hall–Kier alpha value is -2.21. The molecule has 2 aromatic rings. The molecule has 0 unspecified atom stereocenters. The number of nitrogens with zero attached hydrogens (tertiary/aromatic N) is 1. The lowest BCUT2D eigenvalue weighted by Gasteiger charge is -2.16. The summed E-state index contributed by atoms with van der Waals surface area (Å²) in [6.45, 7) is 5.52. The number of carbonyl (C=O) groups is 1. The average Bonchev–Trinajstić information content (AvgIpc) is 2.91. The van der Waals surface area contributed by atoms with Gasteiger partial charge in [-0.2, -0.15) is 0 Å². The number of hydrogen-bond acceptors (Lipinski definition) is 6. The zero-order chi connectivity index (χ0) is 17.0. The summed E-state index contributed by atoms with van der Waals surface area (Å²) in [4.78, 5) is 12.1. The predicted molar refractivity (Wildman–Crippen MR) is 84.1 cm³/mol. The summed E-state index contributed by atoms with van der Waals surface area (Å²) in [5.41, 5.74) is 0.803. The fraction of sp³-hybridized carbons (Fsp3) is 0.375. The molecule has 0 aliphatic rings. The molecule has 2 rings (SSSR count). The smallest absolute Gasteiger partial charge is 0.338 e. The van der Waals surface area contributed by atoms with Crippen LogP contribution in [0.4, 0.5) is 0 Å². The molecule has 0 saturated heterocycles. The fourth-order valence-corrected chi connectivity index (χ4v) is 2.15. The maximum Gasteiger partial charge on any atom is 0.338 e. The van der Waals surface area contributed by atoms with Gasteiger partial charge in [-0.3, -0.25) is 0 Å². The van der Waals surface area contributed by atoms with E-state index in [1.165, 1.54) is 19.2 Å². The van der Waals surface area contributed by atoms with Crippen molar-refractivity contribution in [2.45, 2.75) is 33.5 Å². The Labute approximate surface area is 139 Å². The lowest BCUT2D eigenvalue weighted by molar-refractivity contribution is 0.0463. The largest absolute Gasteiger partial charge is 0.493 e. The van der Waals surface area contributed by atoms with Gasteiger partial charge >= 0.3 is 5.97 Å². The number of esters is 1. The molecule has 0 aliphatic carbocycles. The standard InChI is InChI=1S/C16H18ClNO5/c1-9(2)22-15-13(17)6-11(7-14(15)20-4)16(19)21-8-12-5-10(3)23-18-12/h5-7,9H,8H2,1-4H3. The normalized spacial score (nSPS) is 10.7. The molecule has 1 heterocycles. The van der Waals surface area contributed by atoms with E-state index in [1.807, 2.05) is 13.8 Å². The third-order valence-electron chi connectivity index (χ3n) is 2.85. The van der Waals surface area contributed by atoms with Crippen molar-refractivity contribution < 1.29 is 23.5 Å². The fourth-order valence-electron chi connectivity index (χ4n) is 1.90. The van der Waals surface area contributed by atoms with Crippen LogP contribution in [0.3, 0.4) is 0 Å². The number of aryl methyl sites for hydroxylation is 1. The van der Waals surface area contributed by atoms with E-state index in [0.29, 0.717) is 23.0 Å². The van der Waals surface area contributed by atoms with Crippen LogP contribution in [-0.4, -0.2) is 24.3 Å². The van der Waals surface area contributed by atoms with E-state index in [9.17, 15) is 4.79 Å². The molecule has 6 nitrogen and oxygen atoms in total. The molecule has 0 radical (unpaired) electrons. The van der Waals surface area contributed by atoms with Crippen LogP contribution in [0.1, 0.15) is 35.7 Å². The van der Waals surface area contributed by atoms with Crippen LogP contribution in [0.25, 0.3) is 0 Å². The second-order valence-corrected chi connectivity index (χ2v) is 5.57. The number of methoxy groups -OCH3 is 1. The van der Waals surface area contributed by atoms with Crippen LogP contribution in [-0.2, 0) is 11.3 Å². The second-order valence-electron chi connectivity index (χ2n) is 5.16. The highest BCUT2D eigenvalue weighted by molar-refractivity contribution is 6.32. The first-order valence-corrected chi connectivity index (χ1v) is 7.42. The Morgan fingerprint density at radius 2 is 2.09 bits per heavy atom. The van der Waals surface area contributed by atoms with Crippen molar-refractivity contribution in [1.82, 2.24) is 5.16 Å². The highest BCUT2D eigenvalue weighted by Crippen LogP contribution is 2.37. The Bertz CT molecular complexity index is 696. The van der Waals surface area contributed by atoms with Gasteiger partial charge in [0.15, 0.2) is 11.5 Å². The molecule has 0 saturated carbocycles. The zero-order valence-electron chi connectivity index (χ0n) is 13.4. The monoisotopic (exact) mass is 339 g/mol. The van der Waals surface area contributed by atoms with Gasteiger partial charge in [-0.05, 0) is 32.9 Å². The van der Waals surface area contributed by atoms with E-state index in [1.54, 1.807) is 13.0 Å². The van der Waals surface area contributed by atoms with Crippen molar-refractivity contribution in [3.8, 4) is 11.5 Å². The first-order valence-electron chi connectivity index (χ1n) is 7.04. The van der Waals surface area contributed by atoms with E-state index in [2.05, 4.69) is 5.16 Å². The van der Waals surface area contributed by atoms with Gasteiger partial charge in [-0.15, -0.1) is 0 Å². The van der Waals surface area contributed by atoms with Crippen LogP contribution in [0.2, 0.25) is 5.02 Å². The van der Waals surface area contributed by atoms with E-state index in [-0.39, 0.29) is 23.3 Å². The van der Waals surface area contributed by atoms with Gasteiger partial charge in [0.25, 0.3) is 0 Å². The number of rotatable bonds is 6. The predicted octanol–water partition coefficient (Wildman–Crippen LogP) is 3.79. The molecule has 0 amide bonds. The van der Waals surface area contributed by atoms with E-state index in [4.69, 9.17) is 30.3 Å². The van der Waals surface area contributed by atoms with E-state index in [0.717, 1.165) is 0 Å². The minimum absolute atomic E-state index is 0.0142. The SMILES string of the molecule is COc1cc(C(=O)OCc2cc(C)on2)cc(Cl)c1OC(C)C. The minimum atomic E-state index is -0.540. The summed E-state index contributed by atoms with van der Waals surface area (Å²) in [5, 5.41) is 4.04. The number of ether oxygens (including phenoxy) is 3. The summed E-state index contributed by atoms with van der Waals surface area (Å²) in [5.74, 6) is 0.876. The zero-order valence-corrected chi connectivity index (χ0v) is 14.1. The van der Waals surface area contributed by atoms with Gasteiger partial charge in [-0.1, -0.05) is 16.8 Å². The summed E-state index contributed by atoms with van der Waals surface area (Å²) in [6.07, 6.45) is -0.0744. The van der Waals surface area contributed by atoms with Gasteiger partial charge in [0.05, 0.1) is 23.8 Å². The number of hydrogen-bond donors (Lipinski definition) is 0. The lowest BCUT2D eigenvalue weighted by atomic mass is 10.2. The van der Waals surface area contributed by atoms with Crippen LogP contribution in [0, 0.1) is 6.92 Å². The van der Waals surface area contributed by atoms with Gasteiger partial charge in [0, 0.05) is 6.07 Å². The molecular formula is C16H18ClNO5. The van der Waals surface area contributed by atoms with Crippen LogP contribution in [0.5, 0.6) is 11.5 Å². The summed E-state index contributed by atoms with van der Waals surface area (Å²) >= 11 is 6.18. The molecule has 0 fully saturated rings. The Morgan fingerprint density at radius 1 is 1.35 bits per heavy atom. The highest BCUT2D eigenvalue weighted by atomic mass is 35.5. The van der Waals surface area contributed by atoms with Gasteiger partial charge in [0.1, 0.15) is 18.1 Å². The molecule has 0 atom stereocenters. The molecule has 0 N–H and O–H groups in total. The summed E-state index contributed by atoms with van der Waals surface area (Å²) < 4.78 is 20.9. The maximum atomic E-state index is 12.1. The molecule has 124 valence electrons. The first-order chi connectivity index (χ1) is 10.9. The molecule has 7 heteroatoms. The Balaban J connectivity index is 2.15. The molecule has 0 bridgehead atoms. The molecular weight excluding hydrogens is 322 g/mol. The van der Waals surface area contributed by atoms with E-state index >= 15 is 0 Å². The van der Waals surface area contributed by atoms with Crippen molar-refractivity contribution >= 4 is 17.6 Å². The topological polar surface area (TPSA) is 70.8 Å². The number of aromatic nitrogens is 1. The maximum absolute atomic E-state index is 12.1. The number of halogens is 1. The van der Waals surface area contributed by atoms with Crippen LogP contribution in [0.15, 0.2) is 22.7 Å². The number of carbonyl (C=O) groups excluding carboxylic acids is 1. The summed E-state index contributed by atoms with van der Waals surface area (Å²) in [7, 11) is 1.48. The third-order valence-corrected chi connectivity index (χ3v) is 3.13. The highest BCUT2D eigenvalue weighted by Gasteiger charge is 2.18. The molecule has 0 aliphatic heterocycles. The van der Waals surface area contributed by atoms with Crippen molar-refractivity contribution in [2.24, 2.45) is 0 Å². The quantitative estimate of drug-likeness (QED) is 0.746. The average molecular weight is 340 g/mol. The Kier molecular flexibility index (Phi) is 5.50. The molecule has 1 aromatic carbocycles. The third kappa shape index (κ3) is 4.39. The van der Waals surface area contributed by atoms with Crippen molar-refractivity contribution in [2.75, 3.05) is 7.11 Å². The van der Waals surface area contributed by atoms with Gasteiger partial charge in [-0.25, -0.2) is 4.79 Å². The van der Waals surface area contributed by atoms with Crippen molar-refractivity contribution in [3.05, 3.63) is 40.2 Å². The molecule has 0 spiro atoms. The number of benzene rings is 1. The van der Waals surface area contributed by atoms with Crippen LogP contribution < -0.4 is 9.47 Å². The van der Waals surface area contributed by atoms with E-state index < -0.39 is 5.97 Å². The second kappa shape index (κ2) is 7.37. The minimum Gasteiger partial charge on any atom is -0.493 e. The van der Waals surface area contributed by atoms with Gasteiger partial charge in [0.2, 0.25) is 0 Å². The van der Waals surface area contributed by atoms with Gasteiger partial charge < -0.3 is 18.7 Å².